The predicted octanol–water partition coefficient (Wildman–Crippen LogP) is 3.56. The van der Waals surface area contributed by atoms with E-state index in [1.807, 2.05) is 0 Å². The average molecular weight is 455 g/mol. The van der Waals surface area contributed by atoms with E-state index in [1.54, 1.807) is 36.4 Å². The zero-order chi connectivity index (χ0) is 23.3. The number of carbonyl (C=O) groups excluding carboxylic acids is 2. The van der Waals surface area contributed by atoms with E-state index in [4.69, 9.17) is 4.74 Å². The van der Waals surface area contributed by atoms with E-state index in [9.17, 15) is 18.0 Å². The quantitative estimate of drug-likeness (QED) is 0.548. The van der Waals surface area contributed by atoms with Crippen molar-refractivity contribution in [2.24, 2.45) is 0 Å². The largest absolute Gasteiger partial charge is 0.495 e. The molecule has 1 N–H and O–H groups in total. The third-order valence-electron chi connectivity index (χ3n) is 4.76. The maximum atomic E-state index is 13.0. The van der Waals surface area contributed by atoms with Crippen molar-refractivity contribution in [3.8, 4) is 5.75 Å². The summed E-state index contributed by atoms with van der Waals surface area (Å²) in [6.07, 6.45) is 0. The Hall–Kier alpha value is -3.85. The van der Waals surface area contributed by atoms with Gasteiger partial charge in [0.2, 0.25) is 0 Å². The lowest BCUT2D eigenvalue weighted by Crippen LogP contribution is -2.27. The molecule has 0 saturated heterocycles. The fourth-order valence-corrected chi connectivity index (χ4v) is 4.17. The van der Waals surface area contributed by atoms with Gasteiger partial charge in [0.05, 0.1) is 30.4 Å². The van der Waals surface area contributed by atoms with Crippen LogP contribution in [0.2, 0.25) is 0 Å². The maximum Gasteiger partial charge on any atom is 0.337 e. The SMILES string of the molecule is COC(=O)c1ccc(NC(=O)c2ccc(S(=O)(=O)N(C)c3ccccc3OC)cc2)cc1. The van der Waals surface area contributed by atoms with Crippen LogP contribution >= 0.6 is 0 Å². The molecule has 0 unspecified atom stereocenters. The molecule has 3 rings (SSSR count). The molecule has 1 amide bonds. The van der Waals surface area contributed by atoms with Crippen LogP contribution in [0.3, 0.4) is 0 Å². The van der Waals surface area contributed by atoms with E-state index in [1.165, 1.54) is 57.7 Å². The second-order valence-electron chi connectivity index (χ2n) is 6.69. The van der Waals surface area contributed by atoms with Crippen LogP contribution < -0.4 is 14.4 Å². The lowest BCUT2D eigenvalue weighted by molar-refractivity contribution is 0.0600. The van der Waals surface area contributed by atoms with Gasteiger partial charge in [0.25, 0.3) is 15.9 Å². The van der Waals surface area contributed by atoms with Gasteiger partial charge in [0.15, 0.2) is 0 Å². The van der Waals surface area contributed by atoms with E-state index < -0.39 is 21.9 Å². The van der Waals surface area contributed by atoms with E-state index in [0.717, 1.165) is 4.31 Å². The first-order valence-corrected chi connectivity index (χ1v) is 10.9. The number of benzene rings is 3. The molecule has 9 heteroatoms. The summed E-state index contributed by atoms with van der Waals surface area (Å²) in [6.45, 7) is 0. The lowest BCUT2D eigenvalue weighted by atomic mass is 10.2. The number of carbonyl (C=O) groups is 2. The number of rotatable bonds is 7. The van der Waals surface area contributed by atoms with Gasteiger partial charge < -0.3 is 14.8 Å². The van der Waals surface area contributed by atoms with Crippen molar-refractivity contribution in [2.75, 3.05) is 30.9 Å². The van der Waals surface area contributed by atoms with E-state index in [0.29, 0.717) is 22.7 Å². The molecule has 0 bridgehead atoms. The number of amides is 1. The number of nitrogens with zero attached hydrogens (tertiary/aromatic N) is 1. The van der Waals surface area contributed by atoms with Crippen LogP contribution in [-0.2, 0) is 14.8 Å². The van der Waals surface area contributed by atoms with E-state index in [2.05, 4.69) is 10.1 Å². The zero-order valence-corrected chi connectivity index (χ0v) is 18.5. The van der Waals surface area contributed by atoms with Crippen molar-refractivity contribution >= 4 is 33.3 Å². The average Bonchev–Trinajstić information content (AvgIpc) is 2.83. The van der Waals surface area contributed by atoms with Gasteiger partial charge in [-0.05, 0) is 60.7 Å². The molecule has 0 atom stereocenters. The van der Waals surface area contributed by atoms with Crippen molar-refractivity contribution < 1.29 is 27.5 Å². The summed E-state index contributed by atoms with van der Waals surface area (Å²) in [5.74, 6) is -0.469. The zero-order valence-electron chi connectivity index (χ0n) is 17.7. The minimum atomic E-state index is -3.86. The molecule has 0 spiro atoms. The van der Waals surface area contributed by atoms with Gasteiger partial charge in [-0.15, -0.1) is 0 Å². The van der Waals surface area contributed by atoms with Gasteiger partial charge in [-0.25, -0.2) is 13.2 Å². The first-order valence-electron chi connectivity index (χ1n) is 9.49. The summed E-state index contributed by atoms with van der Waals surface area (Å²) in [4.78, 5) is 24.0. The summed E-state index contributed by atoms with van der Waals surface area (Å²) in [5, 5.41) is 2.70. The van der Waals surface area contributed by atoms with Crippen LogP contribution in [0.4, 0.5) is 11.4 Å². The van der Waals surface area contributed by atoms with Crippen LogP contribution in [0.5, 0.6) is 5.75 Å². The Bertz CT molecular complexity index is 1220. The molecule has 3 aromatic rings. The van der Waals surface area contributed by atoms with Gasteiger partial charge in [0.1, 0.15) is 5.75 Å². The molecule has 0 heterocycles. The molecule has 166 valence electrons. The van der Waals surface area contributed by atoms with Crippen LogP contribution in [0, 0.1) is 0 Å². The number of esters is 1. The summed E-state index contributed by atoms with van der Waals surface area (Å²) in [7, 11) is 0.328. The highest BCUT2D eigenvalue weighted by Crippen LogP contribution is 2.30. The molecule has 0 fully saturated rings. The second-order valence-corrected chi connectivity index (χ2v) is 8.66. The summed E-state index contributed by atoms with van der Waals surface area (Å²) in [5.41, 5.74) is 1.52. The molecule has 0 aliphatic heterocycles. The number of para-hydroxylation sites is 2. The van der Waals surface area contributed by atoms with E-state index >= 15 is 0 Å². The van der Waals surface area contributed by atoms with Crippen molar-refractivity contribution in [1.29, 1.82) is 0 Å². The molecular weight excluding hydrogens is 432 g/mol. The minimum Gasteiger partial charge on any atom is -0.495 e. The number of hydrogen-bond acceptors (Lipinski definition) is 6. The van der Waals surface area contributed by atoms with Gasteiger partial charge >= 0.3 is 5.97 Å². The van der Waals surface area contributed by atoms with E-state index in [-0.39, 0.29) is 10.5 Å². The highest BCUT2D eigenvalue weighted by molar-refractivity contribution is 7.92. The number of hydrogen-bond donors (Lipinski definition) is 1. The third kappa shape index (κ3) is 4.73. The molecule has 0 aliphatic rings. The molecule has 3 aromatic carbocycles. The minimum absolute atomic E-state index is 0.0323. The monoisotopic (exact) mass is 454 g/mol. The molecule has 0 saturated carbocycles. The normalized spacial score (nSPS) is 10.8. The Morgan fingerprint density at radius 1 is 0.844 bits per heavy atom. The van der Waals surface area contributed by atoms with Crippen molar-refractivity contribution in [2.45, 2.75) is 4.90 Å². The molecule has 32 heavy (non-hydrogen) atoms. The maximum absolute atomic E-state index is 13.0. The number of methoxy groups -OCH3 is 2. The number of ether oxygens (including phenoxy) is 2. The molecule has 0 aromatic heterocycles. The Balaban J connectivity index is 1.76. The Labute approximate surface area is 186 Å². The summed E-state index contributed by atoms with van der Waals surface area (Å²) >= 11 is 0. The van der Waals surface area contributed by atoms with Crippen molar-refractivity contribution in [3.05, 3.63) is 83.9 Å². The van der Waals surface area contributed by atoms with Gasteiger partial charge in [-0.2, -0.15) is 0 Å². The molecule has 8 nitrogen and oxygen atoms in total. The fraction of sp³-hybridized carbons (Fsp3) is 0.130. The first kappa shape index (κ1) is 22.8. The van der Waals surface area contributed by atoms with Crippen LogP contribution in [0.25, 0.3) is 0 Å². The second kappa shape index (κ2) is 9.52. The van der Waals surface area contributed by atoms with Gasteiger partial charge in [0, 0.05) is 18.3 Å². The topological polar surface area (TPSA) is 102 Å². The Morgan fingerprint density at radius 2 is 1.44 bits per heavy atom. The van der Waals surface area contributed by atoms with Gasteiger partial charge in [-0.3, -0.25) is 9.10 Å². The van der Waals surface area contributed by atoms with Crippen molar-refractivity contribution in [1.82, 2.24) is 0 Å². The Kier molecular flexibility index (Phi) is 6.79. The third-order valence-corrected chi connectivity index (χ3v) is 6.55. The van der Waals surface area contributed by atoms with Crippen LogP contribution in [-0.4, -0.2) is 41.6 Å². The van der Waals surface area contributed by atoms with Gasteiger partial charge in [-0.1, -0.05) is 12.1 Å². The number of nitrogens with one attached hydrogen (secondary N) is 1. The number of sulfonamides is 1. The fourth-order valence-electron chi connectivity index (χ4n) is 2.97. The highest BCUT2D eigenvalue weighted by Gasteiger charge is 2.24. The van der Waals surface area contributed by atoms with Crippen molar-refractivity contribution in [3.63, 3.8) is 0 Å². The van der Waals surface area contributed by atoms with Crippen LogP contribution in [0.15, 0.2) is 77.7 Å². The summed E-state index contributed by atoms with van der Waals surface area (Å²) in [6, 6.07) is 18.6. The molecular formula is C23H22N2O6S. The predicted molar refractivity (Wildman–Crippen MR) is 121 cm³/mol. The molecule has 0 aliphatic carbocycles. The highest BCUT2D eigenvalue weighted by atomic mass is 32.2. The lowest BCUT2D eigenvalue weighted by Gasteiger charge is -2.21. The van der Waals surface area contributed by atoms with Crippen LogP contribution in [0.1, 0.15) is 20.7 Å². The summed E-state index contributed by atoms with van der Waals surface area (Å²) < 4.78 is 37.0. The standard InChI is InChI=1S/C23H22N2O6S/c1-25(20-6-4-5-7-21(20)30-2)32(28,29)19-14-10-16(11-15-19)22(26)24-18-12-8-17(9-13-18)23(27)31-3/h4-15H,1-3H3,(H,24,26). The first-order chi connectivity index (χ1) is 15.3. The number of anilines is 2. The Morgan fingerprint density at radius 3 is 2.03 bits per heavy atom. The smallest absolute Gasteiger partial charge is 0.337 e. The molecule has 0 radical (unpaired) electrons.